The molecule has 2 heterocycles. The average Bonchev–Trinajstić information content (AvgIpc) is 2.75. The number of nitrogens with zero attached hydrogens (tertiary/aromatic N) is 2. The predicted molar refractivity (Wildman–Crippen MR) is 66.7 cm³/mol. The Kier molecular flexibility index (Phi) is 3.14. The fraction of sp³-hybridized carbons (Fsp3) is 0.222. The summed E-state index contributed by atoms with van der Waals surface area (Å²) in [6, 6.07) is -0.611. The second kappa shape index (κ2) is 4.31. The molecule has 5 nitrogen and oxygen atoms in total. The normalized spacial score (nSPS) is 13.7. The minimum absolute atomic E-state index is 0.0615. The number of nitrogens with one attached hydrogen (secondary N) is 1. The van der Waals surface area contributed by atoms with Crippen molar-refractivity contribution in [2.24, 2.45) is 0 Å². The van der Waals surface area contributed by atoms with Crippen LogP contribution in [0.15, 0.2) is 16.6 Å². The fourth-order valence-corrected chi connectivity index (χ4v) is 3.92. The molecular formula is C9H8ClN3O2S2. The lowest BCUT2D eigenvalue weighted by Gasteiger charge is -2.07. The molecule has 0 amide bonds. The highest BCUT2D eigenvalue weighted by atomic mass is 35.5. The molecule has 2 aromatic heterocycles. The maximum Gasteiger partial charge on any atom is 0.260 e. The van der Waals surface area contributed by atoms with E-state index in [9.17, 15) is 8.42 Å². The maximum atomic E-state index is 12.0. The summed E-state index contributed by atoms with van der Waals surface area (Å²) < 4.78 is 27.8. The van der Waals surface area contributed by atoms with Gasteiger partial charge in [0.2, 0.25) is 0 Å². The van der Waals surface area contributed by atoms with Crippen molar-refractivity contribution in [3.8, 4) is 12.3 Å². The first-order valence-electron chi connectivity index (χ1n) is 4.55. The van der Waals surface area contributed by atoms with Crippen LogP contribution in [0.4, 0.5) is 0 Å². The molecule has 0 fully saturated rings. The number of terminal acetylenes is 1. The molecule has 0 aliphatic carbocycles. The van der Waals surface area contributed by atoms with Gasteiger partial charge in [-0.15, -0.1) is 17.8 Å². The first-order valence-corrected chi connectivity index (χ1v) is 7.29. The van der Waals surface area contributed by atoms with Gasteiger partial charge in [0, 0.05) is 11.6 Å². The molecule has 2 aromatic rings. The molecule has 8 heteroatoms. The second-order valence-corrected chi connectivity index (χ2v) is 6.13. The number of thiazole rings is 1. The third-order valence-electron chi connectivity index (χ3n) is 2.02. The molecule has 1 atom stereocenters. The number of imidazole rings is 1. The highest BCUT2D eigenvalue weighted by molar-refractivity contribution is 7.89. The van der Waals surface area contributed by atoms with Gasteiger partial charge in [0.15, 0.2) is 15.1 Å². The van der Waals surface area contributed by atoms with Gasteiger partial charge in [-0.1, -0.05) is 17.5 Å². The molecule has 2 rings (SSSR count). The van der Waals surface area contributed by atoms with Gasteiger partial charge in [-0.2, -0.15) is 4.72 Å². The first kappa shape index (κ1) is 12.4. The fourth-order valence-electron chi connectivity index (χ4n) is 1.30. The van der Waals surface area contributed by atoms with Crippen molar-refractivity contribution in [2.45, 2.75) is 18.0 Å². The van der Waals surface area contributed by atoms with Crippen LogP contribution in [0.2, 0.25) is 5.15 Å². The average molecular weight is 290 g/mol. The third-order valence-corrected chi connectivity index (χ3v) is 4.71. The number of halogens is 1. The molecule has 0 saturated heterocycles. The molecule has 0 aromatic carbocycles. The van der Waals surface area contributed by atoms with Crippen molar-refractivity contribution in [1.29, 1.82) is 0 Å². The molecule has 0 saturated carbocycles. The van der Waals surface area contributed by atoms with Gasteiger partial charge in [0.1, 0.15) is 0 Å². The van der Waals surface area contributed by atoms with Crippen molar-refractivity contribution in [3.63, 3.8) is 0 Å². The van der Waals surface area contributed by atoms with Crippen molar-refractivity contribution < 1.29 is 8.42 Å². The van der Waals surface area contributed by atoms with Crippen LogP contribution in [0.25, 0.3) is 4.96 Å². The zero-order valence-corrected chi connectivity index (χ0v) is 11.1. The molecule has 17 heavy (non-hydrogen) atoms. The molecular weight excluding hydrogens is 282 g/mol. The van der Waals surface area contributed by atoms with Gasteiger partial charge in [-0.25, -0.2) is 13.4 Å². The summed E-state index contributed by atoms with van der Waals surface area (Å²) in [5.74, 6) is 2.28. The van der Waals surface area contributed by atoms with E-state index in [-0.39, 0.29) is 10.2 Å². The topological polar surface area (TPSA) is 63.5 Å². The number of hydrogen-bond donors (Lipinski definition) is 1. The molecule has 1 N–H and O–H groups in total. The number of fused-ring (bicyclic) bond motifs is 1. The van der Waals surface area contributed by atoms with Crippen LogP contribution in [0.1, 0.15) is 6.92 Å². The largest absolute Gasteiger partial charge is 0.279 e. The van der Waals surface area contributed by atoms with Crippen molar-refractivity contribution in [3.05, 3.63) is 16.7 Å². The van der Waals surface area contributed by atoms with E-state index in [1.807, 2.05) is 0 Å². The monoisotopic (exact) mass is 289 g/mol. The Morgan fingerprint density at radius 2 is 2.41 bits per heavy atom. The second-order valence-electron chi connectivity index (χ2n) is 3.27. The lowest BCUT2D eigenvalue weighted by atomic mass is 10.4. The van der Waals surface area contributed by atoms with Gasteiger partial charge in [-0.05, 0) is 6.92 Å². The molecule has 0 aliphatic heterocycles. The van der Waals surface area contributed by atoms with E-state index in [0.29, 0.717) is 4.96 Å². The number of aromatic nitrogens is 2. The smallest absolute Gasteiger partial charge is 0.260 e. The van der Waals surface area contributed by atoms with E-state index in [1.54, 1.807) is 18.5 Å². The Morgan fingerprint density at radius 1 is 1.71 bits per heavy atom. The van der Waals surface area contributed by atoms with Crippen molar-refractivity contribution >= 4 is 37.9 Å². The molecule has 90 valence electrons. The van der Waals surface area contributed by atoms with Gasteiger partial charge < -0.3 is 0 Å². The molecule has 0 spiro atoms. The van der Waals surface area contributed by atoms with Gasteiger partial charge in [-0.3, -0.25) is 4.40 Å². The minimum atomic E-state index is -3.77. The molecule has 0 radical (unpaired) electrons. The number of hydrogen-bond acceptors (Lipinski definition) is 4. The summed E-state index contributed by atoms with van der Waals surface area (Å²) in [4.78, 5) is 4.47. The number of sulfonamides is 1. The highest BCUT2D eigenvalue weighted by Gasteiger charge is 2.25. The van der Waals surface area contributed by atoms with Crippen LogP contribution >= 0.6 is 22.9 Å². The summed E-state index contributed by atoms with van der Waals surface area (Å²) in [6.07, 6.45) is 6.72. The van der Waals surface area contributed by atoms with E-state index in [4.69, 9.17) is 18.0 Å². The van der Waals surface area contributed by atoms with E-state index in [2.05, 4.69) is 15.6 Å². The van der Waals surface area contributed by atoms with E-state index in [1.165, 1.54) is 15.7 Å². The zero-order chi connectivity index (χ0) is 12.6. The van der Waals surface area contributed by atoms with E-state index >= 15 is 0 Å². The Hall–Kier alpha value is -1.07. The summed E-state index contributed by atoms with van der Waals surface area (Å²) in [5.41, 5.74) is 0. The van der Waals surface area contributed by atoms with Crippen LogP contribution in [-0.2, 0) is 10.0 Å². The Morgan fingerprint density at radius 3 is 3.06 bits per heavy atom. The van der Waals surface area contributed by atoms with Crippen LogP contribution in [0, 0.1) is 12.3 Å². The SMILES string of the molecule is C#CC(C)NS(=O)(=O)c1c(Cl)nc2sccn12. The summed E-state index contributed by atoms with van der Waals surface area (Å²) in [7, 11) is -3.77. The van der Waals surface area contributed by atoms with Gasteiger partial charge in [0.25, 0.3) is 10.0 Å². The third kappa shape index (κ3) is 2.17. The van der Waals surface area contributed by atoms with Crippen LogP contribution in [0.3, 0.4) is 0 Å². The summed E-state index contributed by atoms with van der Waals surface area (Å²) in [6.45, 7) is 1.57. The van der Waals surface area contributed by atoms with Crippen LogP contribution in [0.5, 0.6) is 0 Å². The Balaban J connectivity index is 2.56. The Labute approximate surface area is 107 Å². The lowest BCUT2D eigenvalue weighted by Crippen LogP contribution is -2.32. The first-order chi connectivity index (χ1) is 7.95. The summed E-state index contributed by atoms with van der Waals surface area (Å²) >= 11 is 7.12. The van der Waals surface area contributed by atoms with Crippen molar-refractivity contribution in [1.82, 2.24) is 14.1 Å². The quantitative estimate of drug-likeness (QED) is 0.868. The van der Waals surface area contributed by atoms with Crippen LogP contribution in [-0.4, -0.2) is 23.8 Å². The zero-order valence-electron chi connectivity index (χ0n) is 8.71. The summed E-state index contributed by atoms with van der Waals surface area (Å²) in [5, 5.41) is 1.58. The van der Waals surface area contributed by atoms with E-state index < -0.39 is 16.1 Å². The predicted octanol–water partition coefficient (Wildman–Crippen LogP) is 1.35. The molecule has 1 unspecified atom stereocenters. The van der Waals surface area contributed by atoms with Crippen LogP contribution < -0.4 is 4.72 Å². The van der Waals surface area contributed by atoms with E-state index in [0.717, 1.165) is 0 Å². The number of rotatable bonds is 3. The minimum Gasteiger partial charge on any atom is -0.279 e. The standard InChI is InChI=1S/C9H8ClN3O2S2/c1-3-6(2)12-17(14,15)8-7(10)11-9-13(8)4-5-16-9/h1,4-6,12H,2H3. The van der Waals surface area contributed by atoms with Crippen molar-refractivity contribution in [2.75, 3.05) is 0 Å². The molecule has 0 bridgehead atoms. The maximum absolute atomic E-state index is 12.0. The Bertz CT molecular complexity index is 695. The molecule has 0 aliphatic rings. The lowest BCUT2D eigenvalue weighted by molar-refractivity contribution is 0.573. The highest BCUT2D eigenvalue weighted by Crippen LogP contribution is 2.25. The van der Waals surface area contributed by atoms with Gasteiger partial charge in [0.05, 0.1) is 6.04 Å². The van der Waals surface area contributed by atoms with Gasteiger partial charge >= 0.3 is 0 Å².